The fourth-order valence-corrected chi connectivity index (χ4v) is 4.36. The normalized spacial score (nSPS) is 30.2. The van der Waals surface area contributed by atoms with Gasteiger partial charge in [0.15, 0.2) is 0 Å². The van der Waals surface area contributed by atoms with Gasteiger partial charge in [0.05, 0.1) is 0 Å². The van der Waals surface area contributed by atoms with Gasteiger partial charge in [-0.05, 0) is 37.9 Å². The van der Waals surface area contributed by atoms with Crippen LogP contribution in [0.4, 0.5) is 4.79 Å². The number of thioether (sulfide) groups is 1. The van der Waals surface area contributed by atoms with E-state index in [1.807, 2.05) is 18.7 Å². The number of hydrogen-bond acceptors (Lipinski definition) is 3. The Morgan fingerprint density at radius 3 is 2.85 bits per heavy atom. The number of carboxylic acids is 1. The third-order valence-corrected chi connectivity index (χ3v) is 5.50. The molecule has 0 bridgehead atoms. The molecule has 0 spiro atoms. The fourth-order valence-electron chi connectivity index (χ4n) is 3.28. The average molecular weight is 300 g/mol. The first-order chi connectivity index (χ1) is 9.60. The quantitative estimate of drug-likeness (QED) is 0.836. The van der Waals surface area contributed by atoms with Crippen LogP contribution in [-0.4, -0.2) is 51.6 Å². The van der Waals surface area contributed by atoms with Crippen LogP contribution in [0, 0.1) is 0 Å². The van der Waals surface area contributed by atoms with Gasteiger partial charge in [0, 0.05) is 18.3 Å². The molecule has 0 aromatic rings. The van der Waals surface area contributed by atoms with E-state index in [0.717, 1.165) is 37.2 Å². The summed E-state index contributed by atoms with van der Waals surface area (Å²) in [7, 11) is 0. The van der Waals surface area contributed by atoms with Gasteiger partial charge in [0.25, 0.3) is 0 Å². The lowest BCUT2D eigenvalue weighted by Gasteiger charge is -2.36. The van der Waals surface area contributed by atoms with Gasteiger partial charge in [0.2, 0.25) is 0 Å². The van der Waals surface area contributed by atoms with Crippen LogP contribution in [0.5, 0.6) is 0 Å². The smallest absolute Gasteiger partial charge is 0.329 e. The van der Waals surface area contributed by atoms with Crippen molar-refractivity contribution in [3.8, 4) is 0 Å². The molecule has 114 valence electrons. The number of urea groups is 1. The maximum absolute atomic E-state index is 12.5. The van der Waals surface area contributed by atoms with Gasteiger partial charge >= 0.3 is 12.0 Å². The van der Waals surface area contributed by atoms with Crippen molar-refractivity contribution in [3.63, 3.8) is 0 Å². The molecule has 0 saturated carbocycles. The number of carbonyl (C=O) groups is 2. The van der Waals surface area contributed by atoms with Crippen molar-refractivity contribution < 1.29 is 14.7 Å². The van der Waals surface area contributed by atoms with E-state index in [1.165, 1.54) is 0 Å². The SMILES string of the molecule is CCCC1(C(=O)O)CCCN1C(=O)NC1CCCSC1. The van der Waals surface area contributed by atoms with Crippen molar-refractivity contribution in [3.05, 3.63) is 0 Å². The summed E-state index contributed by atoms with van der Waals surface area (Å²) in [5.74, 6) is 1.24. The highest BCUT2D eigenvalue weighted by atomic mass is 32.2. The fraction of sp³-hybridized carbons (Fsp3) is 0.857. The van der Waals surface area contributed by atoms with Crippen LogP contribution in [0.25, 0.3) is 0 Å². The lowest BCUT2D eigenvalue weighted by molar-refractivity contribution is -0.148. The summed E-state index contributed by atoms with van der Waals surface area (Å²) in [6, 6.07) is 0.000761. The molecule has 2 atom stereocenters. The largest absolute Gasteiger partial charge is 0.479 e. The third kappa shape index (κ3) is 3.05. The summed E-state index contributed by atoms with van der Waals surface area (Å²) >= 11 is 1.85. The van der Waals surface area contributed by atoms with Crippen molar-refractivity contribution in [1.29, 1.82) is 0 Å². The number of carbonyl (C=O) groups excluding carboxylic acids is 1. The summed E-state index contributed by atoms with van der Waals surface area (Å²) in [4.78, 5) is 25.7. The van der Waals surface area contributed by atoms with E-state index in [2.05, 4.69) is 5.32 Å². The van der Waals surface area contributed by atoms with Crippen LogP contribution >= 0.6 is 11.8 Å². The van der Waals surface area contributed by atoms with E-state index in [9.17, 15) is 14.7 Å². The molecule has 2 N–H and O–H groups in total. The second-order valence-corrected chi connectivity index (χ2v) is 6.86. The zero-order valence-corrected chi connectivity index (χ0v) is 12.9. The minimum Gasteiger partial charge on any atom is -0.479 e. The Morgan fingerprint density at radius 1 is 1.45 bits per heavy atom. The zero-order valence-electron chi connectivity index (χ0n) is 12.1. The molecule has 2 heterocycles. The predicted octanol–water partition coefficient (Wildman–Crippen LogP) is 2.31. The Bertz CT molecular complexity index is 371. The molecule has 20 heavy (non-hydrogen) atoms. The molecular formula is C14H24N2O3S. The van der Waals surface area contributed by atoms with Crippen LogP contribution in [-0.2, 0) is 4.79 Å². The standard InChI is InChI=1S/C14H24N2O3S/c1-2-6-14(12(17)18)7-4-8-16(14)13(19)15-11-5-3-9-20-10-11/h11H,2-10H2,1H3,(H,15,19)(H,17,18). The number of nitrogens with one attached hydrogen (secondary N) is 1. The molecule has 0 aliphatic carbocycles. The highest BCUT2D eigenvalue weighted by Gasteiger charge is 2.49. The molecule has 6 heteroatoms. The molecule has 0 aromatic carbocycles. The first-order valence-corrected chi connectivity index (χ1v) is 8.65. The van der Waals surface area contributed by atoms with Crippen molar-refractivity contribution in [2.75, 3.05) is 18.1 Å². The Labute approximate surface area is 124 Å². The molecule has 2 fully saturated rings. The Hall–Kier alpha value is -0.910. The topological polar surface area (TPSA) is 69.6 Å². The maximum atomic E-state index is 12.5. The summed E-state index contributed by atoms with van der Waals surface area (Å²) in [6.07, 6.45) is 4.78. The molecule has 0 radical (unpaired) electrons. The first-order valence-electron chi connectivity index (χ1n) is 7.49. The molecule has 0 aromatic heterocycles. The van der Waals surface area contributed by atoms with Crippen LogP contribution in [0.15, 0.2) is 0 Å². The average Bonchev–Trinajstić information content (AvgIpc) is 2.85. The molecule has 2 aliphatic heterocycles. The van der Waals surface area contributed by atoms with Gasteiger partial charge < -0.3 is 15.3 Å². The van der Waals surface area contributed by atoms with E-state index in [0.29, 0.717) is 19.4 Å². The van der Waals surface area contributed by atoms with Crippen molar-refractivity contribution in [1.82, 2.24) is 10.2 Å². The van der Waals surface area contributed by atoms with Crippen LogP contribution in [0.3, 0.4) is 0 Å². The van der Waals surface area contributed by atoms with E-state index in [-0.39, 0.29) is 12.1 Å². The van der Waals surface area contributed by atoms with Crippen LogP contribution in [0.2, 0.25) is 0 Å². The number of carboxylic acid groups (broad SMARTS) is 1. The van der Waals surface area contributed by atoms with Gasteiger partial charge in [-0.15, -0.1) is 0 Å². The van der Waals surface area contributed by atoms with Crippen molar-refractivity contribution in [2.45, 2.75) is 57.0 Å². The monoisotopic (exact) mass is 300 g/mol. The zero-order chi connectivity index (χ0) is 14.6. The van der Waals surface area contributed by atoms with Crippen LogP contribution < -0.4 is 5.32 Å². The summed E-state index contributed by atoms with van der Waals surface area (Å²) in [5, 5.41) is 12.6. The molecule has 2 saturated heterocycles. The van der Waals surface area contributed by atoms with E-state index in [1.54, 1.807) is 4.90 Å². The summed E-state index contributed by atoms with van der Waals surface area (Å²) < 4.78 is 0. The van der Waals surface area contributed by atoms with Gasteiger partial charge in [-0.25, -0.2) is 9.59 Å². The lowest BCUT2D eigenvalue weighted by Crippen LogP contribution is -2.57. The van der Waals surface area contributed by atoms with E-state index < -0.39 is 11.5 Å². The minimum atomic E-state index is -0.985. The van der Waals surface area contributed by atoms with Crippen molar-refractivity contribution >= 4 is 23.8 Å². The van der Waals surface area contributed by atoms with Gasteiger partial charge in [0.1, 0.15) is 5.54 Å². The second kappa shape index (κ2) is 6.70. The van der Waals surface area contributed by atoms with E-state index >= 15 is 0 Å². The summed E-state index contributed by atoms with van der Waals surface area (Å²) in [5.41, 5.74) is -0.985. The molecule has 2 aliphatic rings. The highest BCUT2D eigenvalue weighted by molar-refractivity contribution is 7.99. The molecule has 2 amide bonds. The number of amides is 2. The second-order valence-electron chi connectivity index (χ2n) is 5.71. The molecule has 2 unspecified atom stereocenters. The van der Waals surface area contributed by atoms with Gasteiger partial charge in [-0.3, -0.25) is 0 Å². The number of aliphatic carboxylic acids is 1. The Kier molecular flexibility index (Phi) is 5.18. The van der Waals surface area contributed by atoms with E-state index in [4.69, 9.17) is 0 Å². The summed E-state index contributed by atoms with van der Waals surface area (Å²) in [6.45, 7) is 2.52. The lowest BCUT2D eigenvalue weighted by atomic mass is 9.91. The molecular weight excluding hydrogens is 276 g/mol. The highest BCUT2D eigenvalue weighted by Crippen LogP contribution is 2.34. The Morgan fingerprint density at radius 2 is 2.25 bits per heavy atom. The minimum absolute atomic E-state index is 0.189. The number of hydrogen-bond donors (Lipinski definition) is 2. The Balaban J connectivity index is 2.04. The first kappa shape index (κ1) is 15.5. The van der Waals surface area contributed by atoms with Crippen LogP contribution in [0.1, 0.15) is 45.4 Å². The number of likely N-dealkylation sites (tertiary alicyclic amines) is 1. The van der Waals surface area contributed by atoms with Crippen molar-refractivity contribution in [2.24, 2.45) is 0 Å². The van der Waals surface area contributed by atoms with Gasteiger partial charge in [-0.2, -0.15) is 11.8 Å². The number of rotatable bonds is 4. The maximum Gasteiger partial charge on any atom is 0.329 e. The number of nitrogens with zero attached hydrogens (tertiary/aromatic N) is 1. The third-order valence-electron chi connectivity index (χ3n) is 4.28. The molecule has 2 rings (SSSR count). The molecule has 5 nitrogen and oxygen atoms in total. The van der Waals surface area contributed by atoms with Gasteiger partial charge in [-0.1, -0.05) is 13.3 Å². The predicted molar refractivity (Wildman–Crippen MR) is 80.1 cm³/mol.